The normalized spacial score (nSPS) is 13.0. The largest absolute Gasteiger partial charge is 0.314 e. The van der Waals surface area contributed by atoms with Gasteiger partial charge in [0.2, 0.25) is 0 Å². The molecule has 0 aromatic rings. The molecule has 0 saturated heterocycles. The summed E-state index contributed by atoms with van der Waals surface area (Å²) in [7, 11) is 0. The van der Waals surface area contributed by atoms with Crippen LogP contribution in [0.15, 0.2) is 0 Å². The Labute approximate surface area is 114 Å². The molecule has 0 radical (unpaired) electrons. The van der Waals surface area contributed by atoms with E-state index in [1.54, 1.807) is 0 Å². The van der Waals surface area contributed by atoms with Crippen molar-refractivity contribution in [2.45, 2.75) is 52.6 Å². The van der Waals surface area contributed by atoms with Gasteiger partial charge in [0.05, 0.1) is 0 Å². The SMILES string of the molecule is CC(C)(C)NCCNCCNCCNC(C)(C)C. The molecule has 0 aromatic heterocycles. The molecule has 4 nitrogen and oxygen atoms in total. The molecule has 0 spiro atoms. The highest BCUT2D eigenvalue weighted by Gasteiger charge is 2.07. The molecule has 4 N–H and O–H groups in total. The van der Waals surface area contributed by atoms with Crippen LogP contribution in [0.2, 0.25) is 0 Å². The molecule has 0 fully saturated rings. The Morgan fingerprint density at radius 2 is 0.778 bits per heavy atom. The van der Waals surface area contributed by atoms with Gasteiger partial charge in [-0.25, -0.2) is 0 Å². The molecule has 0 atom stereocenters. The van der Waals surface area contributed by atoms with Crippen LogP contribution >= 0.6 is 0 Å². The zero-order chi connectivity index (χ0) is 14.1. The fourth-order valence-corrected chi connectivity index (χ4v) is 1.48. The zero-order valence-corrected chi connectivity index (χ0v) is 13.2. The number of hydrogen-bond donors (Lipinski definition) is 4. The molecule has 0 amide bonds. The molecule has 18 heavy (non-hydrogen) atoms. The van der Waals surface area contributed by atoms with E-state index in [1.807, 2.05) is 0 Å². The maximum absolute atomic E-state index is 3.46. The average molecular weight is 258 g/mol. The summed E-state index contributed by atoms with van der Waals surface area (Å²) in [5.41, 5.74) is 0.442. The summed E-state index contributed by atoms with van der Waals surface area (Å²) in [6.07, 6.45) is 0. The van der Waals surface area contributed by atoms with Crippen LogP contribution in [0.25, 0.3) is 0 Å². The van der Waals surface area contributed by atoms with Crippen LogP contribution < -0.4 is 21.3 Å². The van der Waals surface area contributed by atoms with Gasteiger partial charge in [0, 0.05) is 50.3 Å². The summed E-state index contributed by atoms with van der Waals surface area (Å²) in [6, 6.07) is 0. The highest BCUT2D eigenvalue weighted by atomic mass is 15.0. The average Bonchev–Trinajstić information content (AvgIpc) is 2.17. The maximum Gasteiger partial charge on any atom is 0.00970 e. The first-order chi connectivity index (χ1) is 8.21. The second kappa shape index (κ2) is 8.86. The second-order valence-electron chi connectivity index (χ2n) is 6.85. The number of rotatable bonds is 9. The first kappa shape index (κ1) is 17.8. The van der Waals surface area contributed by atoms with Gasteiger partial charge in [0.25, 0.3) is 0 Å². The molecule has 0 aliphatic rings. The first-order valence-electron chi connectivity index (χ1n) is 7.12. The molecule has 4 heteroatoms. The molecule has 110 valence electrons. The highest BCUT2D eigenvalue weighted by molar-refractivity contribution is 4.71. The van der Waals surface area contributed by atoms with Crippen LogP contribution in [0.5, 0.6) is 0 Å². The molecule has 0 aromatic carbocycles. The third-order valence-corrected chi connectivity index (χ3v) is 2.39. The van der Waals surface area contributed by atoms with Crippen LogP contribution in [-0.2, 0) is 0 Å². The van der Waals surface area contributed by atoms with Crippen LogP contribution in [0.4, 0.5) is 0 Å². The molecule has 0 rings (SSSR count). The van der Waals surface area contributed by atoms with E-state index >= 15 is 0 Å². The standard InChI is InChI=1S/C14H34N4/c1-13(2,3)17-11-9-15-7-8-16-10-12-18-14(4,5)6/h15-18H,7-12H2,1-6H3. The Morgan fingerprint density at radius 1 is 0.500 bits per heavy atom. The maximum atomic E-state index is 3.46. The zero-order valence-electron chi connectivity index (χ0n) is 13.2. The van der Waals surface area contributed by atoms with Gasteiger partial charge >= 0.3 is 0 Å². The minimum Gasteiger partial charge on any atom is -0.314 e. The molecule has 0 unspecified atom stereocenters. The number of hydrogen-bond acceptors (Lipinski definition) is 4. The highest BCUT2D eigenvalue weighted by Crippen LogP contribution is 1.96. The Hall–Kier alpha value is -0.160. The first-order valence-corrected chi connectivity index (χ1v) is 7.12. The summed E-state index contributed by atoms with van der Waals surface area (Å²) < 4.78 is 0. The van der Waals surface area contributed by atoms with E-state index in [9.17, 15) is 0 Å². The van der Waals surface area contributed by atoms with Gasteiger partial charge in [-0.05, 0) is 41.5 Å². The van der Waals surface area contributed by atoms with Crippen molar-refractivity contribution < 1.29 is 0 Å². The quantitative estimate of drug-likeness (QED) is 0.465. The van der Waals surface area contributed by atoms with Crippen molar-refractivity contribution in [2.75, 3.05) is 39.3 Å². The molecular weight excluding hydrogens is 224 g/mol. The van der Waals surface area contributed by atoms with Crippen molar-refractivity contribution in [3.8, 4) is 0 Å². The fourth-order valence-electron chi connectivity index (χ4n) is 1.48. The summed E-state index contributed by atoms with van der Waals surface area (Å²) in [5, 5.41) is 13.8. The van der Waals surface area contributed by atoms with Gasteiger partial charge in [0.1, 0.15) is 0 Å². The summed E-state index contributed by atoms with van der Waals surface area (Å²) in [4.78, 5) is 0. The van der Waals surface area contributed by atoms with Crippen molar-refractivity contribution in [2.24, 2.45) is 0 Å². The van der Waals surface area contributed by atoms with Crippen molar-refractivity contribution in [3.05, 3.63) is 0 Å². The third kappa shape index (κ3) is 15.8. The third-order valence-electron chi connectivity index (χ3n) is 2.39. The van der Waals surface area contributed by atoms with E-state index < -0.39 is 0 Å². The Morgan fingerprint density at radius 3 is 1.06 bits per heavy atom. The molecule has 0 saturated carbocycles. The Kier molecular flexibility index (Phi) is 8.78. The van der Waals surface area contributed by atoms with Crippen LogP contribution in [0, 0.1) is 0 Å². The van der Waals surface area contributed by atoms with Gasteiger partial charge in [-0.1, -0.05) is 0 Å². The van der Waals surface area contributed by atoms with Gasteiger partial charge in [-0.15, -0.1) is 0 Å². The molecule has 0 aliphatic heterocycles. The van der Waals surface area contributed by atoms with Crippen molar-refractivity contribution >= 4 is 0 Å². The van der Waals surface area contributed by atoms with Crippen LogP contribution in [-0.4, -0.2) is 50.3 Å². The van der Waals surface area contributed by atoms with E-state index in [0.29, 0.717) is 0 Å². The van der Waals surface area contributed by atoms with Crippen molar-refractivity contribution in [1.29, 1.82) is 0 Å². The van der Waals surface area contributed by atoms with E-state index in [0.717, 1.165) is 39.3 Å². The van der Waals surface area contributed by atoms with Gasteiger partial charge in [-0.2, -0.15) is 0 Å². The lowest BCUT2D eigenvalue weighted by molar-refractivity contribution is 0.415. The second-order valence-corrected chi connectivity index (χ2v) is 6.85. The van der Waals surface area contributed by atoms with E-state index in [1.165, 1.54) is 0 Å². The summed E-state index contributed by atoms with van der Waals surface area (Å²) in [5.74, 6) is 0. The lowest BCUT2D eigenvalue weighted by Crippen LogP contribution is -2.42. The minimum absolute atomic E-state index is 0.221. The van der Waals surface area contributed by atoms with E-state index in [-0.39, 0.29) is 11.1 Å². The number of nitrogens with one attached hydrogen (secondary N) is 4. The van der Waals surface area contributed by atoms with Gasteiger partial charge < -0.3 is 21.3 Å². The molecule has 0 aliphatic carbocycles. The predicted octanol–water partition coefficient (Wildman–Crippen LogP) is 0.942. The molecule has 0 bridgehead atoms. The molecular formula is C14H34N4. The lowest BCUT2D eigenvalue weighted by atomic mass is 10.1. The fraction of sp³-hybridized carbons (Fsp3) is 1.00. The van der Waals surface area contributed by atoms with Gasteiger partial charge in [-0.3, -0.25) is 0 Å². The summed E-state index contributed by atoms with van der Waals surface area (Å²) >= 11 is 0. The predicted molar refractivity (Wildman–Crippen MR) is 81.3 cm³/mol. The smallest absolute Gasteiger partial charge is 0.00970 e. The van der Waals surface area contributed by atoms with E-state index in [4.69, 9.17) is 0 Å². The Bertz CT molecular complexity index is 169. The van der Waals surface area contributed by atoms with Crippen LogP contribution in [0.3, 0.4) is 0 Å². The Balaban J connectivity index is 3.13. The summed E-state index contributed by atoms with van der Waals surface area (Å²) in [6.45, 7) is 19.3. The van der Waals surface area contributed by atoms with Crippen molar-refractivity contribution in [1.82, 2.24) is 21.3 Å². The topological polar surface area (TPSA) is 48.1 Å². The van der Waals surface area contributed by atoms with Gasteiger partial charge in [0.15, 0.2) is 0 Å². The monoisotopic (exact) mass is 258 g/mol. The van der Waals surface area contributed by atoms with Crippen LogP contribution in [0.1, 0.15) is 41.5 Å². The minimum atomic E-state index is 0.221. The van der Waals surface area contributed by atoms with E-state index in [2.05, 4.69) is 62.8 Å². The van der Waals surface area contributed by atoms with Crippen molar-refractivity contribution in [3.63, 3.8) is 0 Å². The lowest BCUT2D eigenvalue weighted by Gasteiger charge is -2.21. The molecule has 0 heterocycles.